The maximum Gasteiger partial charge on any atom is 0.171 e. The molecule has 0 aromatic carbocycles. The summed E-state index contributed by atoms with van der Waals surface area (Å²) in [6.45, 7) is 3.04. The summed E-state index contributed by atoms with van der Waals surface area (Å²) in [7, 11) is 1.28. The summed E-state index contributed by atoms with van der Waals surface area (Å²) in [6.07, 6.45) is 0. The second kappa shape index (κ2) is 2.70. The summed E-state index contributed by atoms with van der Waals surface area (Å²) >= 11 is 0. The molecule has 0 aromatic rings. The third-order valence-corrected chi connectivity index (χ3v) is 0.610. The van der Waals surface area contributed by atoms with Crippen molar-refractivity contribution in [3.8, 4) is 0 Å². The maximum atomic E-state index is 5.03. The lowest BCUT2D eigenvalue weighted by Crippen LogP contribution is -2.50. The third-order valence-electron chi connectivity index (χ3n) is 0.610. The minimum atomic E-state index is -1.00. The molecule has 0 aliphatic heterocycles. The van der Waals surface area contributed by atoms with E-state index in [9.17, 15) is 0 Å². The molecule has 0 fully saturated rings. The van der Waals surface area contributed by atoms with Gasteiger partial charge in [0.25, 0.3) is 0 Å². The average molecular weight is 121 g/mol. The van der Waals surface area contributed by atoms with Crippen LogP contribution in [0.15, 0.2) is 5.10 Å². The SMILES string of the molecule is C=N[N+](N)(OC)ON. The minimum Gasteiger partial charge on any atom is -0.152 e. The Morgan fingerprint density at radius 2 is 2.25 bits per heavy atom. The Hall–Kier alpha value is -0.530. The topological polar surface area (TPSA) is 82.9 Å². The van der Waals surface area contributed by atoms with E-state index in [0.717, 1.165) is 0 Å². The maximum absolute atomic E-state index is 5.03. The third kappa shape index (κ3) is 1.52. The first-order chi connectivity index (χ1) is 3.68. The van der Waals surface area contributed by atoms with Crippen molar-refractivity contribution in [1.29, 1.82) is 0 Å². The summed E-state index contributed by atoms with van der Waals surface area (Å²) in [6, 6.07) is 0. The van der Waals surface area contributed by atoms with E-state index in [4.69, 9.17) is 5.84 Å². The van der Waals surface area contributed by atoms with Crippen LogP contribution in [0.2, 0.25) is 0 Å². The minimum absolute atomic E-state index is 1.00. The van der Waals surface area contributed by atoms with Crippen molar-refractivity contribution in [3.05, 3.63) is 0 Å². The van der Waals surface area contributed by atoms with Crippen LogP contribution in [0.25, 0.3) is 0 Å². The van der Waals surface area contributed by atoms with Gasteiger partial charge in [0.2, 0.25) is 0 Å². The second-order valence-corrected chi connectivity index (χ2v) is 0.994. The zero-order chi connectivity index (χ0) is 6.62. The Balaban J connectivity index is 3.76. The van der Waals surface area contributed by atoms with E-state index in [1.54, 1.807) is 0 Å². The fraction of sp³-hybridized carbons (Fsp3) is 0.500. The van der Waals surface area contributed by atoms with Crippen LogP contribution in [-0.2, 0) is 9.78 Å². The summed E-state index contributed by atoms with van der Waals surface area (Å²) in [4.78, 5) is 8.38. The molecule has 1 unspecified atom stereocenters. The highest BCUT2D eigenvalue weighted by Crippen LogP contribution is 1.93. The van der Waals surface area contributed by atoms with Gasteiger partial charge in [0, 0.05) is 0 Å². The molecule has 6 heteroatoms. The quantitative estimate of drug-likeness (QED) is 0.209. The van der Waals surface area contributed by atoms with Gasteiger partial charge in [0.05, 0.1) is 6.72 Å². The molecule has 0 saturated heterocycles. The molecule has 0 saturated carbocycles. The lowest BCUT2D eigenvalue weighted by Gasteiger charge is -2.12. The van der Waals surface area contributed by atoms with Crippen LogP contribution in [0.5, 0.6) is 0 Å². The van der Waals surface area contributed by atoms with Crippen LogP contribution >= 0.6 is 0 Å². The molecule has 4 N–H and O–H groups in total. The van der Waals surface area contributed by atoms with Crippen LogP contribution in [-0.4, -0.2) is 18.9 Å². The Morgan fingerprint density at radius 1 is 1.75 bits per heavy atom. The van der Waals surface area contributed by atoms with Gasteiger partial charge in [-0.15, -0.1) is 4.84 Å². The van der Waals surface area contributed by atoms with Crippen LogP contribution in [0.4, 0.5) is 0 Å². The fourth-order valence-electron chi connectivity index (χ4n) is 0.134. The highest BCUT2D eigenvalue weighted by Gasteiger charge is 2.21. The van der Waals surface area contributed by atoms with E-state index in [0.29, 0.717) is 0 Å². The molecular weight excluding hydrogens is 112 g/mol. The van der Waals surface area contributed by atoms with Gasteiger partial charge in [-0.1, -0.05) is 5.84 Å². The molecule has 0 radical (unpaired) electrons. The largest absolute Gasteiger partial charge is 0.171 e. The lowest BCUT2D eigenvalue weighted by molar-refractivity contribution is -1.26. The highest BCUT2D eigenvalue weighted by atomic mass is 17.1. The van der Waals surface area contributed by atoms with Crippen molar-refractivity contribution < 1.29 is 14.8 Å². The zero-order valence-corrected chi connectivity index (χ0v) is 4.57. The average Bonchev–Trinajstić information content (AvgIpc) is 1.87. The zero-order valence-electron chi connectivity index (χ0n) is 4.57. The van der Waals surface area contributed by atoms with E-state index in [2.05, 4.69) is 27.5 Å². The normalized spacial score (nSPS) is 17.4. The van der Waals surface area contributed by atoms with Crippen molar-refractivity contribution in [2.45, 2.75) is 0 Å². The van der Waals surface area contributed by atoms with Crippen LogP contribution in [0.3, 0.4) is 0 Å². The summed E-state index contributed by atoms with van der Waals surface area (Å²) < 4.78 is 0. The Kier molecular flexibility index (Phi) is 2.52. The predicted octanol–water partition coefficient (Wildman–Crippen LogP) is -1.34. The van der Waals surface area contributed by atoms with Crippen LogP contribution < -0.4 is 11.7 Å². The van der Waals surface area contributed by atoms with Crippen molar-refractivity contribution in [2.24, 2.45) is 16.8 Å². The number of rotatable bonds is 3. The predicted molar refractivity (Wildman–Crippen MR) is 26.3 cm³/mol. The smallest absolute Gasteiger partial charge is 0.152 e. The second-order valence-electron chi connectivity index (χ2n) is 0.994. The molecule has 0 spiro atoms. The number of nitrogens with zero attached hydrogens (tertiary/aromatic N) is 2. The molecule has 0 aliphatic carbocycles. The van der Waals surface area contributed by atoms with Gasteiger partial charge >= 0.3 is 0 Å². The molecule has 0 aromatic heterocycles. The molecule has 48 valence electrons. The van der Waals surface area contributed by atoms with E-state index < -0.39 is 5.03 Å². The van der Waals surface area contributed by atoms with E-state index >= 15 is 0 Å². The molecule has 8 heavy (non-hydrogen) atoms. The molecule has 0 bridgehead atoms. The number of hydrogen-bond acceptors (Lipinski definition) is 5. The Labute approximate surface area is 46.7 Å². The monoisotopic (exact) mass is 121 g/mol. The first kappa shape index (κ1) is 7.47. The first-order valence-corrected chi connectivity index (χ1v) is 1.78. The lowest BCUT2D eigenvalue weighted by atomic mass is 11.7. The van der Waals surface area contributed by atoms with Crippen molar-refractivity contribution in [1.82, 2.24) is 0 Å². The van der Waals surface area contributed by atoms with Crippen LogP contribution in [0, 0.1) is 0 Å². The van der Waals surface area contributed by atoms with Gasteiger partial charge in [0.1, 0.15) is 7.11 Å². The summed E-state index contributed by atoms with van der Waals surface area (Å²) in [5.41, 5.74) is 0. The number of quaternary nitrogens is 1. The Morgan fingerprint density at radius 3 is 2.25 bits per heavy atom. The van der Waals surface area contributed by atoms with Gasteiger partial charge in [0.15, 0.2) is 5.03 Å². The van der Waals surface area contributed by atoms with Gasteiger partial charge in [-0.05, 0) is 10.0 Å². The molecule has 0 amide bonds. The first-order valence-electron chi connectivity index (χ1n) is 1.78. The molecule has 0 aliphatic rings. The molecular formula is C2H9N4O2+. The molecule has 0 rings (SSSR count). The summed E-state index contributed by atoms with van der Waals surface area (Å²) in [5, 5.41) is 2.15. The highest BCUT2D eigenvalue weighted by molar-refractivity contribution is 5.20. The fourth-order valence-corrected chi connectivity index (χ4v) is 0.134. The standard InChI is InChI=1S/C2H9N4O2/c1-5-6(3,7-2)8-4/h1,3-4H2,2H3/q+1. The molecule has 0 heterocycles. The Bertz CT molecular complexity index is 80.1. The van der Waals surface area contributed by atoms with Gasteiger partial charge in [-0.25, -0.2) is 0 Å². The number of hydrogen-bond donors (Lipinski definition) is 2. The van der Waals surface area contributed by atoms with Gasteiger partial charge in [-0.3, -0.25) is 0 Å². The molecule has 6 nitrogen and oxygen atoms in total. The van der Waals surface area contributed by atoms with Gasteiger partial charge < -0.3 is 0 Å². The van der Waals surface area contributed by atoms with E-state index in [1.807, 2.05) is 0 Å². The van der Waals surface area contributed by atoms with Crippen LogP contribution in [0.1, 0.15) is 0 Å². The van der Waals surface area contributed by atoms with Gasteiger partial charge in [-0.2, -0.15) is 5.90 Å². The van der Waals surface area contributed by atoms with E-state index in [1.165, 1.54) is 7.11 Å². The molecule has 1 atom stereocenters. The van der Waals surface area contributed by atoms with Crippen molar-refractivity contribution >= 4 is 6.72 Å². The number of nitrogens with two attached hydrogens (primary N) is 2. The summed E-state index contributed by atoms with van der Waals surface area (Å²) in [5.74, 6) is 9.65. The van der Waals surface area contributed by atoms with Crippen molar-refractivity contribution in [2.75, 3.05) is 7.11 Å². The van der Waals surface area contributed by atoms with E-state index in [-0.39, 0.29) is 0 Å². The van der Waals surface area contributed by atoms with Crippen molar-refractivity contribution in [3.63, 3.8) is 0 Å².